The van der Waals surface area contributed by atoms with Crippen LogP contribution >= 0.6 is 0 Å². The van der Waals surface area contributed by atoms with Crippen molar-refractivity contribution in [2.24, 2.45) is 16.8 Å². The molecule has 0 amide bonds. The fraction of sp³-hybridized carbons (Fsp3) is 0.467. The number of amidine groups is 1. The highest BCUT2D eigenvalue weighted by Crippen LogP contribution is 2.10. The Morgan fingerprint density at radius 3 is 2.95 bits per heavy atom. The second-order valence-corrected chi connectivity index (χ2v) is 5.67. The zero-order chi connectivity index (χ0) is 15.2. The number of oxime groups is 1. The fourth-order valence-electron chi connectivity index (χ4n) is 2.37. The number of pyridine rings is 1. The van der Waals surface area contributed by atoms with E-state index in [1.54, 1.807) is 0 Å². The van der Waals surface area contributed by atoms with Gasteiger partial charge in [-0.2, -0.15) is 0 Å². The highest BCUT2D eigenvalue weighted by molar-refractivity contribution is 5.79. The first-order valence-corrected chi connectivity index (χ1v) is 7.20. The zero-order valence-corrected chi connectivity index (χ0v) is 12.6. The highest BCUT2D eigenvalue weighted by atomic mass is 16.4. The van der Waals surface area contributed by atoms with Gasteiger partial charge in [0.15, 0.2) is 0 Å². The maximum absolute atomic E-state index is 8.64. The summed E-state index contributed by atoms with van der Waals surface area (Å²) < 4.78 is 2.02. The molecule has 2 rings (SSSR count). The van der Waals surface area contributed by atoms with Gasteiger partial charge in [0.05, 0.1) is 5.69 Å². The van der Waals surface area contributed by atoms with Gasteiger partial charge in [0, 0.05) is 38.4 Å². The summed E-state index contributed by atoms with van der Waals surface area (Å²) in [7, 11) is 0. The minimum atomic E-state index is 0.263. The number of rotatable bonds is 7. The van der Waals surface area contributed by atoms with Crippen LogP contribution in [0.2, 0.25) is 0 Å². The molecule has 0 saturated heterocycles. The van der Waals surface area contributed by atoms with Crippen molar-refractivity contribution in [2.45, 2.75) is 26.8 Å². The van der Waals surface area contributed by atoms with E-state index in [-0.39, 0.29) is 5.84 Å². The average molecular weight is 289 g/mol. The second-order valence-electron chi connectivity index (χ2n) is 5.67. The summed E-state index contributed by atoms with van der Waals surface area (Å²) in [5, 5.41) is 11.7. The molecule has 0 bridgehead atoms. The van der Waals surface area contributed by atoms with E-state index in [0.29, 0.717) is 12.3 Å². The molecule has 2 aromatic heterocycles. The number of fused-ring (bicyclic) bond motifs is 1. The molecule has 0 unspecified atom stereocenters. The lowest BCUT2D eigenvalue weighted by Gasteiger charge is -2.23. The van der Waals surface area contributed by atoms with Crippen LogP contribution in [0.25, 0.3) is 5.65 Å². The summed E-state index contributed by atoms with van der Waals surface area (Å²) in [6, 6.07) is 5.96. The van der Waals surface area contributed by atoms with Gasteiger partial charge in [-0.15, -0.1) is 0 Å². The molecular formula is C15H23N5O. The van der Waals surface area contributed by atoms with E-state index in [0.717, 1.165) is 31.0 Å². The molecular weight excluding hydrogens is 266 g/mol. The van der Waals surface area contributed by atoms with Gasteiger partial charge in [-0.3, -0.25) is 4.90 Å². The van der Waals surface area contributed by atoms with E-state index in [2.05, 4.69) is 28.9 Å². The van der Waals surface area contributed by atoms with Gasteiger partial charge in [-0.1, -0.05) is 25.1 Å². The first-order chi connectivity index (χ1) is 10.1. The molecule has 0 aliphatic rings. The molecule has 0 atom stereocenters. The minimum Gasteiger partial charge on any atom is -0.409 e. The van der Waals surface area contributed by atoms with Crippen molar-refractivity contribution in [3.8, 4) is 0 Å². The first kappa shape index (κ1) is 15.3. The Morgan fingerprint density at radius 2 is 2.29 bits per heavy atom. The van der Waals surface area contributed by atoms with Gasteiger partial charge in [0.1, 0.15) is 11.5 Å². The second kappa shape index (κ2) is 7.08. The number of nitrogens with two attached hydrogens (primary N) is 1. The maximum atomic E-state index is 8.64. The largest absolute Gasteiger partial charge is 0.409 e. The Hall–Kier alpha value is -2.08. The van der Waals surface area contributed by atoms with Crippen LogP contribution in [0.5, 0.6) is 0 Å². The van der Waals surface area contributed by atoms with Gasteiger partial charge in [0.2, 0.25) is 0 Å². The van der Waals surface area contributed by atoms with Gasteiger partial charge in [0.25, 0.3) is 0 Å². The van der Waals surface area contributed by atoms with Crippen molar-refractivity contribution in [3.63, 3.8) is 0 Å². The molecule has 2 heterocycles. The van der Waals surface area contributed by atoms with E-state index in [9.17, 15) is 0 Å². The third kappa shape index (κ3) is 4.46. The Labute approximate surface area is 124 Å². The molecule has 21 heavy (non-hydrogen) atoms. The summed E-state index contributed by atoms with van der Waals surface area (Å²) in [5.41, 5.74) is 7.54. The molecule has 6 heteroatoms. The normalized spacial score (nSPS) is 12.7. The van der Waals surface area contributed by atoms with Gasteiger partial charge >= 0.3 is 0 Å². The predicted molar refractivity (Wildman–Crippen MR) is 83.3 cm³/mol. The van der Waals surface area contributed by atoms with Crippen LogP contribution in [0.4, 0.5) is 0 Å². The zero-order valence-electron chi connectivity index (χ0n) is 12.6. The standard InChI is InChI=1S/C15H23N5O/c1-12(2)9-19(8-6-14(16)18-21)10-13-11-20-7-4-3-5-15(20)17-13/h3-5,7,11-12,21H,6,8-10H2,1-2H3,(H2,16,18). The molecule has 0 aromatic carbocycles. The summed E-state index contributed by atoms with van der Waals surface area (Å²) in [6.45, 7) is 6.83. The Kier molecular flexibility index (Phi) is 5.16. The van der Waals surface area contributed by atoms with Crippen LogP contribution in [-0.2, 0) is 6.54 Å². The van der Waals surface area contributed by atoms with Crippen LogP contribution in [0.1, 0.15) is 26.0 Å². The van der Waals surface area contributed by atoms with E-state index in [1.165, 1.54) is 0 Å². The number of imidazole rings is 1. The van der Waals surface area contributed by atoms with Crippen LogP contribution in [0.15, 0.2) is 35.7 Å². The van der Waals surface area contributed by atoms with E-state index in [4.69, 9.17) is 10.9 Å². The van der Waals surface area contributed by atoms with Gasteiger partial charge < -0.3 is 15.3 Å². The smallest absolute Gasteiger partial charge is 0.140 e. The molecule has 0 fully saturated rings. The Bertz CT molecular complexity index is 572. The molecule has 114 valence electrons. The van der Waals surface area contributed by atoms with Crippen molar-refractivity contribution in [1.29, 1.82) is 0 Å². The molecule has 0 radical (unpaired) electrons. The quantitative estimate of drug-likeness (QED) is 0.353. The van der Waals surface area contributed by atoms with E-state index < -0.39 is 0 Å². The van der Waals surface area contributed by atoms with Crippen LogP contribution in [-0.4, -0.2) is 38.4 Å². The number of hydrogen-bond acceptors (Lipinski definition) is 4. The van der Waals surface area contributed by atoms with Crippen LogP contribution in [0, 0.1) is 5.92 Å². The lowest BCUT2D eigenvalue weighted by atomic mass is 10.2. The number of aromatic nitrogens is 2. The third-order valence-corrected chi connectivity index (χ3v) is 3.24. The van der Waals surface area contributed by atoms with Crippen molar-refractivity contribution in [3.05, 3.63) is 36.3 Å². The maximum Gasteiger partial charge on any atom is 0.140 e. The lowest BCUT2D eigenvalue weighted by molar-refractivity contribution is 0.238. The third-order valence-electron chi connectivity index (χ3n) is 3.24. The minimum absolute atomic E-state index is 0.263. The SMILES string of the molecule is CC(C)CN(CCC(N)=NO)Cc1cn2ccccc2n1. The predicted octanol–water partition coefficient (Wildman–Crippen LogP) is 1.93. The monoisotopic (exact) mass is 289 g/mol. The van der Waals surface area contributed by atoms with Crippen molar-refractivity contribution in [2.75, 3.05) is 13.1 Å². The average Bonchev–Trinajstić information content (AvgIpc) is 2.85. The van der Waals surface area contributed by atoms with E-state index in [1.807, 2.05) is 35.0 Å². The van der Waals surface area contributed by atoms with Gasteiger partial charge in [-0.25, -0.2) is 4.98 Å². The first-order valence-electron chi connectivity index (χ1n) is 7.20. The lowest BCUT2D eigenvalue weighted by Crippen LogP contribution is -2.31. The van der Waals surface area contributed by atoms with Crippen molar-refractivity contribution < 1.29 is 5.21 Å². The molecule has 3 N–H and O–H groups in total. The van der Waals surface area contributed by atoms with Crippen molar-refractivity contribution in [1.82, 2.24) is 14.3 Å². The Balaban J connectivity index is 2.06. The fourth-order valence-corrected chi connectivity index (χ4v) is 2.37. The molecule has 6 nitrogen and oxygen atoms in total. The summed E-state index contributed by atoms with van der Waals surface area (Å²) in [6.07, 6.45) is 4.60. The summed E-state index contributed by atoms with van der Waals surface area (Å²) in [4.78, 5) is 6.90. The molecule has 0 aliphatic heterocycles. The summed E-state index contributed by atoms with van der Waals surface area (Å²) in [5.74, 6) is 0.813. The van der Waals surface area contributed by atoms with Crippen LogP contribution in [0.3, 0.4) is 0 Å². The van der Waals surface area contributed by atoms with Crippen molar-refractivity contribution >= 4 is 11.5 Å². The number of nitrogens with zero attached hydrogens (tertiary/aromatic N) is 4. The molecule has 0 saturated carbocycles. The molecule has 2 aromatic rings. The summed E-state index contributed by atoms with van der Waals surface area (Å²) >= 11 is 0. The topological polar surface area (TPSA) is 79.1 Å². The Morgan fingerprint density at radius 1 is 1.48 bits per heavy atom. The van der Waals surface area contributed by atoms with E-state index >= 15 is 0 Å². The number of hydrogen-bond donors (Lipinski definition) is 2. The molecule has 0 spiro atoms. The van der Waals surface area contributed by atoms with Crippen LogP contribution < -0.4 is 5.73 Å². The highest BCUT2D eigenvalue weighted by Gasteiger charge is 2.11. The van der Waals surface area contributed by atoms with Gasteiger partial charge in [-0.05, 0) is 18.1 Å². The molecule has 0 aliphatic carbocycles.